The number of carbonyl (C=O) groups is 2. The van der Waals surface area contributed by atoms with Crippen LogP contribution in [-0.4, -0.2) is 23.9 Å². The highest BCUT2D eigenvalue weighted by atomic mass is 35.5. The summed E-state index contributed by atoms with van der Waals surface area (Å²) < 4.78 is 18.2. The predicted molar refractivity (Wildman–Crippen MR) is 112 cm³/mol. The lowest BCUT2D eigenvalue weighted by atomic mass is 10.1. The number of amides is 1. The fraction of sp³-hybridized carbons (Fsp3) is 0.227. The van der Waals surface area contributed by atoms with E-state index in [4.69, 9.17) is 16.3 Å². The number of Topliss-reactive ketones (excluding diaryl/α,β-unsaturated/α-hetero) is 1. The second kappa shape index (κ2) is 9.47. The number of benzene rings is 2. The molecule has 7 heteroatoms. The quantitative estimate of drug-likeness (QED) is 0.475. The molecule has 0 fully saturated rings. The maximum absolute atomic E-state index is 12.2. The molecule has 5 nitrogen and oxygen atoms in total. The summed E-state index contributed by atoms with van der Waals surface area (Å²) in [6, 6.07) is 10.5. The van der Waals surface area contributed by atoms with Gasteiger partial charge >= 0.3 is 0 Å². The molecule has 29 heavy (non-hydrogen) atoms. The third kappa shape index (κ3) is 5.09. The van der Waals surface area contributed by atoms with Gasteiger partial charge in [-0.2, -0.15) is 0 Å². The van der Waals surface area contributed by atoms with Crippen molar-refractivity contribution in [3.63, 3.8) is 0 Å². The number of aryl methyl sites for hydroxylation is 1. The number of nitrogens with one attached hydrogen (secondary N) is 1. The summed E-state index contributed by atoms with van der Waals surface area (Å²) in [6.45, 7) is 1.38. The number of anilines is 1. The molecule has 1 aromatic heterocycles. The van der Waals surface area contributed by atoms with Gasteiger partial charge in [0.05, 0.1) is 12.2 Å². The average Bonchev–Trinajstić information content (AvgIpc) is 2.69. The smallest absolute Gasteiger partial charge is 0.211 e. The van der Waals surface area contributed by atoms with Crippen molar-refractivity contribution < 1.29 is 18.7 Å². The summed E-state index contributed by atoms with van der Waals surface area (Å²) in [5.74, 6) is 1.02. The topological polar surface area (TPSA) is 68.3 Å². The zero-order valence-corrected chi connectivity index (χ0v) is 16.6. The normalized spacial score (nSPS) is 10.7. The summed E-state index contributed by atoms with van der Waals surface area (Å²) in [5, 5.41) is 3.82. The highest BCUT2D eigenvalue weighted by Crippen LogP contribution is 2.33. The molecule has 0 saturated carbocycles. The molecule has 3 rings (SSSR count). The molecule has 0 atom stereocenters. The Hall–Kier alpha value is -2.99. The number of carbonyl (C=O) groups excluding carboxylic acids is 2. The number of hydrogen-bond acceptors (Lipinski definition) is 4. The molecule has 0 radical (unpaired) electrons. The summed E-state index contributed by atoms with van der Waals surface area (Å²) in [5.41, 5.74) is 2.97. The van der Waals surface area contributed by atoms with Crippen LogP contribution < -0.4 is 10.1 Å². The van der Waals surface area contributed by atoms with Crippen LogP contribution in [0.1, 0.15) is 24.0 Å². The fourth-order valence-electron chi connectivity index (χ4n) is 3.01. The van der Waals surface area contributed by atoms with Gasteiger partial charge in [0.1, 0.15) is 17.3 Å². The maximum atomic E-state index is 12.2. The van der Waals surface area contributed by atoms with E-state index in [0.29, 0.717) is 34.2 Å². The van der Waals surface area contributed by atoms with Crippen molar-refractivity contribution in [1.82, 2.24) is 4.98 Å². The summed E-state index contributed by atoms with van der Waals surface area (Å²) in [7, 11) is 0. The van der Waals surface area contributed by atoms with Gasteiger partial charge in [0.15, 0.2) is 0 Å². The van der Waals surface area contributed by atoms with E-state index in [1.54, 1.807) is 36.5 Å². The molecular formula is C22H20ClFN2O3. The molecule has 3 aromatic rings. The van der Waals surface area contributed by atoms with E-state index in [0.717, 1.165) is 16.5 Å². The summed E-state index contributed by atoms with van der Waals surface area (Å²) >= 11 is 6.31. The highest BCUT2D eigenvalue weighted by molar-refractivity contribution is 6.31. The van der Waals surface area contributed by atoms with E-state index in [-0.39, 0.29) is 25.0 Å². The molecule has 1 amide bonds. The van der Waals surface area contributed by atoms with E-state index >= 15 is 0 Å². The van der Waals surface area contributed by atoms with E-state index < -0.39 is 6.67 Å². The van der Waals surface area contributed by atoms with Gasteiger partial charge in [0.25, 0.3) is 0 Å². The fourth-order valence-corrected chi connectivity index (χ4v) is 3.24. The largest absolute Gasteiger partial charge is 0.457 e. The van der Waals surface area contributed by atoms with Crippen molar-refractivity contribution in [3.05, 3.63) is 58.7 Å². The van der Waals surface area contributed by atoms with Crippen LogP contribution in [0.15, 0.2) is 42.6 Å². The number of halogens is 2. The summed E-state index contributed by atoms with van der Waals surface area (Å²) in [4.78, 5) is 27.0. The Kier molecular flexibility index (Phi) is 6.77. The zero-order chi connectivity index (χ0) is 20.8. The molecule has 0 aliphatic rings. The lowest BCUT2D eigenvalue weighted by Gasteiger charge is -2.12. The van der Waals surface area contributed by atoms with Crippen molar-refractivity contribution in [2.45, 2.75) is 26.2 Å². The van der Waals surface area contributed by atoms with Crippen LogP contribution in [0.25, 0.3) is 10.9 Å². The number of pyridine rings is 1. The van der Waals surface area contributed by atoms with Crippen molar-refractivity contribution in [3.8, 4) is 11.5 Å². The van der Waals surface area contributed by atoms with Gasteiger partial charge < -0.3 is 10.1 Å². The Morgan fingerprint density at radius 2 is 2.10 bits per heavy atom. The lowest BCUT2D eigenvalue weighted by molar-refractivity contribution is -0.118. The van der Waals surface area contributed by atoms with E-state index in [9.17, 15) is 14.0 Å². The third-order valence-corrected chi connectivity index (χ3v) is 4.84. The van der Waals surface area contributed by atoms with Crippen LogP contribution in [0.3, 0.4) is 0 Å². The SMILES string of the molecule is Cc1cc2nccc(Oc3ccc(CC(=O)CCCF)c(Cl)c3)c2cc1NC=O. The second-order valence-corrected chi connectivity index (χ2v) is 7.03. The molecule has 0 unspecified atom stereocenters. The Balaban J connectivity index is 1.85. The number of rotatable bonds is 9. The molecule has 0 aliphatic carbocycles. The Bertz CT molecular complexity index is 1060. The van der Waals surface area contributed by atoms with Crippen LogP contribution >= 0.6 is 11.6 Å². The third-order valence-electron chi connectivity index (χ3n) is 4.49. The van der Waals surface area contributed by atoms with Crippen molar-refractivity contribution >= 4 is 40.4 Å². The van der Waals surface area contributed by atoms with Gasteiger partial charge in [-0.1, -0.05) is 17.7 Å². The first-order valence-electron chi connectivity index (χ1n) is 9.15. The Morgan fingerprint density at radius 3 is 2.83 bits per heavy atom. The van der Waals surface area contributed by atoms with Crippen molar-refractivity contribution in [2.75, 3.05) is 12.0 Å². The van der Waals surface area contributed by atoms with Gasteiger partial charge in [-0.15, -0.1) is 0 Å². The number of ether oxygens (including phenoxy) is 1. The number of nitrogens with zero attached hydrogens (tertiary/aromatic N) is 1. The van der Waals surface area contributed by atoms with Crippen LogP contribution in [-0.2, 0) is 16.0 Å². The molecule has 0 saturated heterocycles. The van der Waals surface area contributed by atoms with Crippen LogP contribution in [0.2, 0.25) is 5.02 Å². The minimum atomic E-state index is -0.504. The Morgan fingerprint density at radius 1 is 1.28 bits per heavy atom. The minimum absolute atomic E-state index is 0.0519. The first-order chi connectivity index (χ1) is 14.0. The molecule has 1 N–H and O–H groups in total. The van der Waals surface area contributed by atoms with Crippen molar-refractivity contribution in [1.29, 1.82) is 0 Å². The minimum Gasteiger partial charge on any atom is -0.457 e. The number of hydrogen-bond donors (Lipinski definition) is 1. The van der Waals surface area contributed by atoms with Crippen LogP contribution in [0.5, 0.6) is 11.5 Å². The molecular weight excluding hydrogens is 395 g/mol. The second-order valence-electron chi connectivity index (χ2n) is 6.62. The number of alkyl halides is 1. The van der Waals surface area contributed by atoms with Crippen LogP contribution in [0.4, 0.5) is 10.1 Å². The average molecular weight is 415 g/mol. The lowest BCUT2D eigenvalue weighted by Crippen LogP contribution is -2.03. The zero-order valence-electron chi connectivity index (χ0n) is 15.9. The highest BCUT2D eigenvalue weighted by Gasteiger charge is 2.11. The van der Waals surface area contributed by atoms with Crippen LogP contribution in [0, 0.1) is 6.92 Å². The molecule has 2 aromatic carbocycles. The molecule has 1 heterocycles. The predicted octanol–water partition coefficient (Wildman–Crippen LogP) is 5.42. The Labute approximate surface area is 172 Å². The van der Waals surface area contributed by atoms with Gasteiger partial charge in [-0.25, -0.2) is 0 Å². The van der Waals surface area contributed by atoms with E-state index in [1.807, 2.05) is 13.0 Å². The number of aromatic nitrogens is 1. The molecule has 150 valence electrons. The van der Waals surface area contributed by atoms with Gasteiger partial charge in [0.2, 0.25) is 6.41 Å². The first-order valence-corrected chi connectivity index (χ1v) is 9.53. The van der Waals surface area contributed by atoms with Crippen molar-refractivity contribution in [2.24, 2.45) is 0 Å². The van der Waals surface area contributed by atoms with Gasteiger partial charge in [-0.05, 0) is 54.8 Å². The molecule has 0 spiro atoms. The van der Waals surface area contributed by atoms with Gasteiger partial charge in [0, 0.05) is 35.1 Å². The molecule has 0 bridgehead atoms. The van der Waals surface area contributed by atoms with E-state index in [1.165, 1.54) is 0 Å². The van der Waals surface area contributed by atoms with E-state index in [2.05, 4.69) is 10.3 Å². The number of ketones is 1. The van der Waals surface area contributed by atoms with Gasteiger partial charge in [-0.3, -0.25) is 19.0 Å². The first kappa shape index (κ1) is 20.7. The molecule has 0 aliphatic heterocycles. The number of fused-ring (bicyclic) bond motifs is 1. The standard InChI is InChI=1S/C22H20ClFN2O3/c1-14-9-21-18(12-20(14)26-13-27)22(6-8-25-21)29-17-5-4-15(19(23)11-17)10-16(28)3-2-7-24/h4-6,8-9,11-13H,2-3,7,10H2,1H3,(H,26,27). The monoisotopic (exact) mass is 414 g/mol. The maximum Gasteiger partial charge on any atom is 0.211 e. The summed E-state index contributed by atoms with van der Waals surface area (Å²) in [6.07, 6.45) is 2.86.